The van der Waals surface area contributed by atoms with Gasteiger partial charge in [0.2, 0.25) is 0 Å². The maximum Gasteiger partial charge on any atom is 0.144 e. The van der Waals surface area contributed by atoms with Crippen LogP contribution in [0.1, 0.15) is 30.9 Å². The number of aromatic nitrogens is 1. The molecule has 0 spiro atoms. The molecule has 0 saturated carbocycles. The number of benzene rings is 1. The zero-order chi connectivity index (χ0) is 13.1. The molecule has 18 heavy (non-hydrogen) atoms. The molecule has 2 nitrogen and oxygen atoms in total. The number of aryl methyl sites for hydroxylation is 1. The van der Waals surface area contributed by atoms with E-state index < -0.39 is 0 Å². The van der Waals surface area contributed by atoms with Crippen LogP contribution < -0.4 is 5.32 Å². The number of rotatable bonds is 3. The SMILES string of the molecule is Cc1cccc(C(C)C)c1Nc1ncccc1Br. The molecule has 0 amide bonds. The van der Waals surface area contributed by atoms with E-state index in [0.29, 0.717) is 5.92 Å². The van der Waals surface area contributed by atoms with Crippen molar-refractivity contribution in [1.82, 2.24) is 4.98 Å². The summed E-state index contributed by atoms with van der Waals surface area (Å²) >= 11 is 3.51. The van der Waals surface area contributed by atoms with Gasteiger partial charge in [-0.1, -0.05) is 32.0 Å². The Morgan fingerprint density at radius 1 is 1.17 bits per heavy atom. The summed E-state index contributed by atoms with van der Waals surface area (Å²) in [5.74, 6) is 1.34. The van der Waals surface area contributed by atoms with Gasteiger partial charge in [-0.15, -0.1) is 0 Å². The highest BCUT2D eigenvalue weighted by Crippen LogP contribution is 2.31. The molecular formula is C15H17BrN2. The van der Waals surface area contributed by atoms with E-state index >= 15 is 0 Å². The predicted octanol–water partition coefficient (Wildman–Crippen LogP) is 5.02. The summed E-state index contributed by atoms with van der Waals surface area (Å²) in [6.07, 6.45) is 1.79. The number of hydrogen-bond acceptors (Lipinski definition) is 2. The molecule has 0 aliphatic carbocycles. The summed E-state index contributed by atoms with van der Waals surface area (Å²) in [4.78, 5) is 4.36. The summed E-state index contributed by atoms with van der Waals surface area (Å²) in [6.45, 7) is 6.52. The van der Waals surface area contributed by atoms with Crippen LogP contribution in [0.4, 0.5) is 11.5 Å². The Morgan fingerprint density at radius 2 is 1.94 bits per heavy atom. The van der Waals surface area contributed by atoms with Gasteiger partial charge in [0.15, 0.2) is 0 Å². The summed E-state index contributed by atoms with van der Waals surface area (Å²) in [7, 11) is 0. The minimum atomic E-state index is 0.481. The van der Waals surface area contributed by atoms with Crippen molar-refractivity contribution in [1.29, 1.82) is 0 Å². The fraction of sp³-hybridized carbons (Fsp3) is 0.267. The fourth-order valence-corrected chi connectivity index (χ4v) is 2.29. The molecule has 94 valence electrons. The van der Waals surface area contributed by atoms with Gasteiger partial charge in [-0.05, 0) is 52.0 Å². The molecule has 0 saturated heterocycles. The van der Waals surface area contributed by atoms with Gasteiger partial charge in [0.25, 0.3) is 0 Å². The highest BCUT2D eigenvalue weighted by atomic mass is 79.9. The summed E-state index contributed by atoms with van der Waals surface area (Å²) in [6, 6.07) is 10.3. The quantitative estimate of drug-likeness (QED) is 0.861. The van der Waals surface area contributed by atoms with E-state index in [1.165, 1.54) is 11.1 Å². The number of para-hydroxylation sites is 1. The molecule has 1 aromatic carbocycles. The Morgan fingerprint density at radius 3 is 2.61 bits per heavy atom. The van der Waals surface area contributed by atoms with E-state index in [-0.39, 0.29) is 0 Å². The number of hydrogen-bond donors (Lipinski definition) is 1. The first-order valence-corrected chi connectivity index (χ1v) is 6.86. The number of anilines is 2. The van der Waals surface area contributed by atoms with Gasteiger partial charge in [-0.3, -0.25) is 0 Å². The van der Waals surface area contributed by atoms with Crippen LogP contribution in [0.2, 0.25) is 0 Å². The Labute approximate surface area is 117 Å². The molecule has 1 heterocycles. The number of halogens is 1. The van der Waals surface area contributed by atoms with E-state index in [1.54, 1.807) is 6.20 Å². The van der Waals surface area contributed by atoms with Gasteiger partial charge in [0, 0.05) is 11.9 Å². The first kappa shape index (κ1) is 13.1. The van der Waals surface area contributed by atoms with E-state index in [2.05, 4.69) is 65.2 Å². The van der Waals surface area contributed by atoms with Gasteiger partial charge >= 0.3 is 0 Å². The second kappa shape index (κ2) is 5.53. The minimum absolute atomic E-state index is 0.481. The van der Waals surface area contributed by atoms with Crippen molar-refractivity contribution < 1.29 is 0 Å². The number of nitrogens with zero attached hydrogens (tertiary/aromatic N) is 1. The van der Waals surface area contributed by atoms with Crippen LogP contribution in [0.5, 0.6) is 0 Å². The lowest BCUT2D eigenvalue weighted by Gasteiger charge is -2.17. The van der Waals surface area contributed by atoms with Crippen LogP contribution in [-0.4, -0.2) is 4.98 Å². The van der Waals surface area contributed by atoms with Gasteiger partial charge in [-0.25, -0.2) is 4.98 Å². The fourth-order valence-electron chi connectivity index (χ4n) is 1.94. The molecule has 0 atom stereocenters. The number of nitrogens with one attached hydrogen (secondary N) is 1. The van der Waals surface area contributed by atoms with Crippen molar-refractivity contribution in [2.45, 2.75) is 26.7 Å². The van der Waals surface area contributed by atoms with Crippen LogP contribution in [-0.2, 0) is 0 Å². The second-order valence-corrected chi connectivity index (χ2v) is 5.51. The Hall–Kier alpha value is -1.35. The monoisotopic (exact) mass is 304 g/mol. The van der Waals surface area contributed by atoms with Gasteiger partial charge in [0.05, 0.1) is 4.47 Å². The molecule has 1 N–H and O–H groups in total. The normalized spacial score (nSPS) is 10.7. The summed E-state index contributed by atoms with van der Waals surface area (Å²) < 4.78 is 0.975. The molecule has 2 aromatic rings. The van der Waals surface area contributed by atoms with E-state index in [9.17, 15) is 0 Å². The molecule has 0 aliphatic heterocycles. The molecule has 2 rings (SSSR count). The van der Waals surface area contributed by atoms with E-state index in [0.717, 1.165) is 16.0 Å². The average Bonchev–Trinajstić information content (AvgIpc) is 2.34. The molecule has 0 fully saturated rings. The summed E-state index contributed by atoms with van der Waals surface area (Å²) in [5.41, 5.74) is 3.71. The first-order chi connectivity index (χ1) is 8.59. The van der Waals surface area contributed by atoms with Crippen LogP contribution in [0.3, 0.4) is 0 Å². The van der Waals surface area contributed by atoms with Crippen molar-refractivity contribution >= 4 is 27.4 Å². The van der Waals surface area contributed by atoms with Crippen molar-refractivity contribution in [3.63, 3.8) is 0 Å². The standard InChI is InChI=1S/C15H17BrN2/c1-10(2)12-7-4-6-11(3)14(12)18-15-13(16)8-5-9-17-15/h4-10H,1-3H3,(H,17,18). The van der Waals surface area contributed by atoms with Crippen molar-refractivity contribution in [3.05, 3.63) is 52.1 Å². The largest absolute Gasteiger partial charge is 0.339 e. The van der Waals surface area contributed by atoms with Gasteiger partial charge in [0.1, 0.15) is 5.82 Å². The predicted molar refractivity (Wildman–Crippen MR) is 80.5 cm³/mol. The zero-order valence-electron chi connectivity index (χ0n) is 10.9. The lowest BCUT2D eigenvalue weighted by Crippen LogP contribution is -2.02. The molecule has 3 heteroatoms. The van der Waals surface area contributed by atoms with Crippen LogP contribution in [0.25, 0.3) is 0 Å². The van der Waals surface area contributed by atoms with Crippen molar-refractivity contribution in [2.24, 2.45) is 0 Å². The highest BCUT2D eigenvalue weighted by Gasteiger charge is 2.10. The van der Waals surface area contributed by atoms with Crippen LogP contribution >= 0.6 is 15.9 Å². The third-order valence-corrected chi connectivity index (χ3v) is 3.57. The molecule has 0 radical (unpaired) electrons. The highest BCUT2D eigenvalue weighted by molar-refractivity contribution is 9.10. The van der Waals surface area contributed by atoms with Crippen LogP contribution in [0.15, 0.2) is 41.0 Å². The maximum atomic E-state index is 4.36. The number of pyridine rings is 1. The Bertz CT molecular complexity index is 550. The maximum absolute atomic E-state index is 4.36. The van der Waals surface area contributed by atoms with Gasteiger partial charge in [-0.2, -0.15) is 0 Å². The molecule has 0 bridgehead atoms. The average molecular weight is 305 g/mol. The van der Waals surface area contributed by atoms with Crippen LogP contribution in [0, 0.1) is 6.92 Å². The summed E-state index contributed by atoms with van der Waals surface area (Å²) in [5, 5.41) is 3.43. The van der Waals surface area contributed by atoms with Crippen molar-refractivity contribution in [2.75, 3.05) is 5.32 Å². The van der Waals surface area contributed by atoms with E-state index in [4.69, 9.17) is 0 Å². The zero-order valence-corrected chi connectivity index (χ0v) is 12.5. The van der Waals surface area contributed by atoms with Crippen molar-refractivity contribution in [3.8, 4) is 0 Å². The Kier molecular flexibility index (Phi) is 4.02. The molecular weight excluding hydrogens is 288 g/mol. The third kappa shape index (κ3) is 2.72. The Balaban J connectivity index is 2.43. The molecule has 0 aliphatic rings. The van der Waals surface area contributed by atoms with Gasteiger partial charge < -0.3 is 5.32 Å². The second-order valence-electron chi connectivity index (χ2n) is 4.65. The first-order valence-electron chi connectivity index (χ1n) is 6.06. The lowest BCUT2D eigenvalue weighted by atomic mass is 9.98. The minimum Gasteiger partial charge on any atom is -0.339 e. The smallest absolute Gasteiger partial charge is 0.144 e. The third-order valence-electron chi connectivity index (χ3n) is 2.93. The topological polar surface area (TPSA) is 24.9 Å². The lowest BCUT2D eigenvalue weighted by molar-refractivity contribution is 0.867. The molecule has 1 aromatic heterocycles. The molecule has 0 unspecified atom stereocenters. The van der Waals surface area contributed by atoms with E-state index in [1.807, 2.05) is 12.1 Å².